The fourth-order valence-corrected chi connectivity index (χ4v) is 3.77. The molecule has 0 atom stereocenters. The van der Waals surface area contributed by atoms with Crippen molar-refractivity contribution < 1.29 is 13.3 Å². The van der Waals surface area contributed by atoms with Gasteiger partial charge in [-0.3, -0.25) is 15.1 Å². The number of rotatable bonds is 5. The molecule has 0 bridgehead atoms. The van der Waals surface area contributed by atoms with Crippen molar-refractivity contribution in [2.75, 3.05) is 7.05 Å². The number of nitrogens with zero attached hydrogens (tertiary/aromatic N) is 4. The number of non-ortho nitro benzene ring substituents is 1. The van der Waals surface area contributed by atoms with Crippen molar-refractivity contribution in [3.05, 3.63) is 76.1 Å². The number of nitro benzene ring substituents is 1. The Morgan fingerprint density at radius 1 is 1.19 bits per heavy atom. The maximum atomic E-state index is 12.8. The molecule has 1 heterocycles. The van der Waals surface area contributed by atoms with Crippen LogP contribution in [-0.4, -0.2) is 36.0 Å². The Bertz CT molecular complexity index is 1150. The smallest absolute Gasteiger partial charge is 0.263 e. The number of fused-ring (bicyclic) bond motifs is 1. The second-order valence-corrected chi connectivity index (χ2v) is 7.76. The number of aryl methyl sites for hydroxylation is 1. The fourth-order valence-electron chi connectivity index (χ4n) is 2.57. The molecule has 0 saturated carbocycles. The molecule has 0 aliphatic carbocycles. The number of nitro groups is 1. The van der Waals surface area contributed by atoms with Crippen LogP contribution in [0.1, 0.15) is 11.1 Å². The minimum Gasteiger partial charge on any atom is -0.263 e. The first-order valence-corrected chi connectivity index (χ1v) is 9.35. The predicted octanol–water partition coefficient (Wildman–Crippen LogP) is 3.11. The molecule has 2 aromatic carbocycles. The standard InChI is InChI=1S/C18H16N4O4S/c1-13-7-8-16(22(23)24)9-18(13)27(25,26)21(2)20-12-15-11-19-10-14-5-3-4-6-17(14)15/h3-12H,1-2H3/b20-12+. The monoisotopic (exact) mass is 384 g/mol. The molecule has 1 aromatic heterocycles. The van der Waals surface area contributed by atoms with Crippen LogP contribution in [0.25, 0.3) is 10.8 Å². The molecule has 0 radical (unpaired) electrons. The first-order chi connectivity index (χ1) is 12.8. The van der Waals surface area contributed by atoms with E-state index in [-0.39, 0.29) is 10.6 Å². The molecule has 138 valence electrons. The first-order valence-electron chi connectivity index (χ1n) is 7.91. The van der Waals surface area contributed by atoms with Crippen LogP contribution in [0.5, 0.6) is 0 Å². The van der Waals surface area contributed by atoms with Crippen molar-refractivity contribution in [3.8, 4) is 0 Å². The van der Waals surface area contributed by atoms with E-state index in [0.717, 1.165) is 21.3 Å². The summed E-state index contributed by atoms with van der Waals surface area (Å²) in [5, 5.41) is 16.8. The third-order valence-electron chi connectivity index (χ3n) is 4.07. The Labute approximate surface area is 156 Å². The lowest BCUT2D eigenvalue weighted by atomic mass is 10.1. The van der Waals surface area contributed by atoms with E-state index >= 15 is 0 Å². The maximum absolute atomic E-state index is 12.8. The van der Waals surface area contributed by atoms with Gasteiger partial charge in [0.25, 0.3) is 15.7 Å². The molecule has 0 N–H and O–H groups in total. The van der Waals surface area contributed by atoms with Crippen molar-refractivity contribution in [2.24, 2.45) is 5.10 Å². The minimum atomic E-state index is -4.04. The van der Waals surface area contributed by atoms with E-state index in [1.165, 1.54) is 25.4 Å². The van der Waals surface area contributed by atoms with Gasteiger partial charge >= 0.3 is 0 Å². The molecule has 0 unspecified atom stereocenters. The van der Waals surface area contributed by atoms with Gasteiger partial charge < -0.3 is 0 Å². The predicted molar refractivity (Wildman–Crippen MR) is 102 cm³/mol. The molecule has 9 heteroatoms. The van der Waals surface area contributed by atoms with Crippen molar-refractivity contribution in [3.63, 3.8) is 0 Å². The van der Waals surface area contributed by atoms with Gasteiger partial charge in [0, 0.05) is 42.5 Å². The molecule has 0 amide bonds. The number of hydrogen-bond donors (Lipinski definition) is 0. The molecule has 0 saturated heterocycles. The van der Waals surface area contributed by atoms with Gasteiger partial charge in [-0.25, -0.2) is 0 Å². The van der Waals surface area contributed by atoms with E-state index in [9.17, 15) is 18.5 Å². The number of hydrazone groups is 1. The third-order valence-corrected chi connectivity index (χ3v) is 5.85. The van der Waals surface area contributed by atoms with Crippen LogP contribution in [0.3, 0.4) is 0 Å². The zero-order valence-corrected chi connectivity index (χ0v) is 15.4. The van der Waals surface area contributed by atoms with Gasteiger partial charge in [-0.05, 0) is 17.9 Å². The van der Waals surface area contributed by atoms with E-state index in [0.29, 0.717) is 11.1 Å². The highest BCUT2D eigenvalue weighted by Crippen LogP contribution is 2.24. The Morgan fingerprint density at radius 2 is 1.93 bits per heavy atom. The molecule has 0 spiro atoms. The molecule has 0 fully saturated rings. The Kier molecular flexibility index (Phi) is 4.87. The lowest BCUT2D eigenvalue weighted by Crippen LogP contribution is -2.23. The second kappa shape index (κ2) is 7.12. The average molecular weight is 384 g/mol. The number of pyridine rings is 1. The molecule has 3 rings (SSSR count). The van der Waals surface area contributed by atoms with Gasteiger partial charge in [-0.1, -0.05) is 30.3 Å². The Hall–Kier alpha value is -3.33. The molecular weight excluding hydrogens is 368 g/mol. The summed E-state index contributed by atoms with van der Waals surface area (Å²) in [6, 6.07) is 11.2. The van der Waals surface area contributed by atoms with Crippen molar-refractivity contribution in [2.45, 2.75) is 11.8 Å². The fraction of sp³-hybridized carbons (Fsp3) is 0.111. The van der Waals surface area contributed by atoms with Crippen LogP contribution < -0.4 is 0 Å². The SMILES string of the molecule is Cc1ccc([N+](=O)[O-])cc1S(=O)(=O)N(C)/N=C/c1cncc2ccccc12. The minimum absolute atomic E-state index is 0.160. The summed E-state index contributed by atoms with van der Waals surface area (Å²) in [6.45, 7) is 1.57. The van der Waals surface area contributed by atoms with Crippen LogP contribution in [0.4, 0.5) is 5.69 Å². The van der Waals surface area contributed by atoms with Gasteiger partial charge in [0.15, 0.2) is 0 Å². The first kappa shape index (κ1) is 18.5. The van der Waals surface area contributed by atoms with Gasteiger partial charge in [-0.15, -0.1) is 0 Å². The molecule has 27 heavy (non-hydrogen) atoms. The Balaban J connectivity index is 1.97. The van der Waals surface area contributed by atoms with Gasteiger partial charge in [-0.2, -0.15) is 17.9 Å². The summed E-state index contributed by atoms with van der Waals surface area (Å²) >= 11 is 0. The van der Waals surface area contributed by atoms with Gasteiger partial charge in [0.05, 0.1) is 16.0 Å². The lowest BCUT2D eigenvalue weighted by molar-refractivity contribution is -0.385. The van der Waals surface area contributed by atoms with Crippen LogP contribution >= 0.6 is 0 Å². The zero-order valence-electron chi connectivity index (χ0n) is 14.6. The summed E-state index contributed by atoms with van der Waals surface area (Å²) in [7, 11) is -2.76. The number of hydrogen-bond acceptors (Lipinski definition) is 6. The van der Waals surface area contributed by atoms with E-state index in [2.05, 4.69) is 10.1 Å². The van der Waals surface area contributed by atoms with E-state index < -0.39 is 14.9 Å². The average Bonchev–Trinajstić information content (AvgIpc) is 2.65. The molecular formula is C18H16N4O4S. The Morgan fingerprint density at radius 3 is 2.67 bits per heavy atom. The molecule has 3 aromatic rings. The van der Waals surface area contributed by atoms with E-state index in [4.69, 9.17) is 0 Å². The number of sulfonamides is 1. The van der Waals surface area contributed by atoms with Gasteiger partial charge in [0.1, 0.15) is 0 Å². The molecule has 0 aliphatic rings. The third kappa shape index (κ3) is 3.63. The highest BCUT2D eigenvalue weighted by Gasteiger charge is 2.24. The molecule has 8 nitrogen and oxygen atoms in total. The van der Waals surface area contributed by atoms with Crippen LogP contribution in [0, 0.1) is 17.0 Å². The van der Waals surface area contributed by atoms with Crippen LogP contribution in [-0.2, 0) is 10.0 Å². The molecule has 0 aliphatic heterocycles. The summed E-state index contributed by atoms with van der Waals surface area (Å²) in [5.74, 6) is 0. The van der Waals surface area contributed by atoms with Crippen molar-refractivity contribution >= 4 is 32.7 Å². The summed E-state index contributed by atoms with van der Waals surface area (Å²) in [4.78, 5) is 14.3. The summed E-state index contributed by atoms with van der Waals surface area (Å²) in [5.41, 5.74) is 0.759. The van der Waals surface area contributed by atoms with E-state index in [1.807, 2.05) is 24.3 Å². The quantitative estimate of drug-likeness (QED) is 0.382. The summed E-state index contributed by atoms with van der Waals surface area (Å²) in [6.07, 6.45) is 4.70. The largest absolute Gasteiger partial charge is 0.279 e. The normalized spacial score (nSPS) is 11.8. The highest BCUT2D eigenvalue weighted by molar-refractivity contribution is 7.89. The van der Waals surface area contributed by atoms with Crippen molar-refractivity contribution in [1.29, 1.82) is 0 Å². The van der Waals surface area contributed by atoms with E-state index in [1.54, 1.807) is 19.3 Å². The maximum Gasteiger partial charge on any atom is 0.279 e. The second-order valence-electron chi connectivity index (χ2n) is 5.84. The number of aromatic nitrogens is 1. The lowest BCUT2D eigenvalue weighted by Gasteiger charge is -2.15. The zero-order chi connectivity index (χ0) is 19.6. The van der Waals surface area contributed by atoms with Crippen LogP contribution in [0.15, 0.2) is 64.9 Å². The van der Waals surface area contributed by atoms with Crippen molar-refractivity contribution in [1.82, 2.24) is 9.40 Å². The van der Waals surface area contributed by atoms with Crippen LogP contribution in [0.2, 0.25) is 0 Å². The summed E-state index contributed by atoms with van der Waals surface area (Å²) < 4.78 is 26.4. The highest BCUT2D eigenvalue weighted by atomic mass is 32.2. The number of benzene rings is 2. The topological polar surface area (TPSA) is 106 Å². The van der Waals surface area contributed by atoms with Gasteiger partial charge in [0.2, 0.25) is 0 Å².